The lowest BCUT2D eigenvalue weighted by Crippen LogP contribution is -2.35. The number of carbonyl (C=O) groups excluding carboxylic acids is 1. The second-order valence-corrected chi connectivity index (χ2v) is 4.92. The summed E-state index contributed by atoms with van der Waals surface area (Å²) in [5, 5.41) is 7.07. The molecular weight excluding hydrogens is 236 g/mol. The van der Waals surface area contributed by atoms with Gasteiger partial charge in [-0.25, -0.2) is 0 Å². The molecule has 1 amide bonds. The lowest BCUT2D eigenvalue weighted by molar-refractivity contribution is -0.119. The lowest BCUT2D eigenvalue weighted by atomic mass is 10.1. The maximum atomic E-state index is 11.0. The first-order valence-electron chi connectivity index (χ1n) is 5.90. The van der Waals surface area contributed by atoms with E-state index in [1.54, 1.807) is 0 Å². The molecule has 0 bridgehead atoms. The Morgan fingerprint density at radius 3 is 3.00 bits per heavy atom. The highest BCUT2D eigenvalue weighted by molar-refractivity contribution is 6.31. The van der Waals surface area contributed by atoms with Gasteiger partial charge in [-0.2, -0.15) is 0 Å². The van der Waals surface area contributed by atoms with Crippen LogP contribution in [0.4, 0.5) is 0 Å². The summed E-state index contributed by atoms with van der Waals surface area (Å²) in [6.45, 7) is 3.59. The van der Waals surface area contributed by atoms with E-state index in [0.717, 1.165) is 30.1 Å². The van der Waals surface area contributed by atoms with Crippen molar-refractivity contribution in [2.45, 2.75) is 32.4 Å². The largest absolute Gasteiger partial charge is 0.352 e. The molecule has 3 nitrogen and oxygen atoms in total. The Kier molecular flexibility index (Phi) is 4.02. The van der Waals surface area contributed by atoms with Gasteiger partial charge in [0.05, 0.1) is 0 Å². The van der Waals surface area contributed by atoms with Crippen LogP contribution >= 0.6 is 11.6 Å². The Hall–Kier alpha value is -1.06. The predicted molar refractivity (Wildman–Crippen MR) is 69.1 cm³/mol. The van der Waals surface area contributed by atoms with Crippen LogP contribution in [0.25, 0.3) is 0 Å². The van der Waals surface area contributed by atoms with Crippen molar-refractivity contribution in [2.24, 2.45) is 0 Å². The average molecular weight is 253 g/mol. The van der Waals surface area contributed by atoms with Crippen molar-refractivity contribution in [3.8, 4) is 0 Å². The molecule has 1 heterocycles. The highest BCUT2D eigenvalue weighted by Crippen LogP contribution is 2.16. The molecule has 1 aromatic carbocycles. The summed E-state index contributed by atoms with van der Waals surface area (Å²) in [6, 6.07) is 6.36. The molecule has 1 unspecified atom stereocenters. The van der Waals surface area contributed by atoms with Gasteiger partial charge in [0.25, 0.3) is 0 Å². The van der Waals surface area contributed by atoms with Crippen molar-refractivity contribution in [1.29, 1.82) is 0 Å². The molecule has 1 atom stereocenters. The van der Waals surface area contributed by atoms with Crippen molar-refractivity contribution in [2.75, 3.05) is 6.54 Å². The summed E-state index contributed by atoms with van der Waals surface area (Å²) in [5.41, 5.74) is 2.27. The van der Waals surface area contributed by atoms with Crippen LogP contribution in [-0.4, -0.2) is 18.5 Å². The fourth-order valence-electron chi connectivity index (χ4n) is 1.97. The summed E-state index contributed by atoms with van der Waals surface area (Å²) in [5.74, 6) is 0.162. The first-order chi connectivity index (χ1) is 8.15. The topological polar surface area (TPSA) is 41.1 Å². The van der Waals surface area contributed by atoms with Gasteiger partial charge < -0.3 is 10.6 Å². The van der Waals surface area contributed by atoms with Gasteiger partial charge in [-0.15, -0.1) is 0 Å². The third-order valence-electron chi connectivity index (χ3n) is 3.04. The van der Waals surface area contributed by atoms with Gasteiger partial charge in [-0.1, -0.05) is 23.7 Å². The molecule has 1 aromatic rings. The van der Waals surface area contributed by atoms with Crippen molar-refractivity contribution in [1.82, 2.24) is 10.6 Å². The SMILES string of the molecule is Cc1ccc(CNCC2CCC(=O)N2)cc1Cl. The van der Waals surface area contributed by atoms with Crippen LogP contribution in [0.3, 0.4) is 0 Å². The highest BCUT2D eigenvalue weighted by atomic mass is 35.5. The number of amides is 1. The van der Waals surface area contributed by atoms with Gasteiger partial charge in [-0.05, 0) is 30.5 Å². The van der Waals surface area contributed by atoms with Gasteiger partial charge in [0, 0.05) is 30.6 Å². The number of carbonyl (C=O) groups is 1. The van der Waals surface area contributed by atoms with E-state index < -0.39 is 0 Å². The summed E-state index contributed by atoms with van der Waals surface area (Å²) in [6.07, 6.45) is 1.59. The smallest absolute Gasteiger partial charge is 0.220 e. The molecule has 0 aliphatic carbocycles. The molecule has 1 aliphatic heterocycles. The number of halogens is 1. The predicted octanol–water partition coefficient (Wildman–Crippen LogP) is 2.02. The molecule has 17 heavy (non-hydrogen) atoms. The number of rotatable bonds is 4. The molecule has 1 aliphatic rings. The van der Waals surface area contributed by atoms with E-state index in [0.29, 0.717) is 6.42 Å². The molecule has 0 radical (unpaired) electrons. The Morgan fingerprint density at radius 1 is 1.53 bits per heavy atom. The van der Waals surface area contributed by atoms with Crippen LogP contribution in [0.5, 0.6) is 0 Å². The number of aryl methyl sites for hydroxylation is 1. The molecule has 0 aromatic heterocycles. The zero-order chi connectivity index (χ0) is 12.3. The van der Waals surface area contributed by atoms with E-state index in [2.05, 4.69) is 16.7 Å². The van der Waals surface area contributed by atoms with E-state index in [1.165, 1.54) is 5.56 Å². The maximum Gasteiger partial charge on any atom is 0.220 e. The third kappa shape index (κ3) is 3.45. The summed E-state index contributed by atoms with van der Waals surface area (Å²) < 4.78 is 0. The first kappa shape index (κ1) is 12.4. The normalized spacial score (nSPS) is 19.4. The second-order valence-electron chi connectivity index (χ2n) is 4.52. The van der Waals surface area contributed by atoms with Gasteiger partial charge in [0.2, 0.25) is 5.91 Å². The molecule has 92 valence electrons. The molecular formula is C13H17ClN2O. The van der Waals surface area contributed by atoms with E-state index in [9.17, 15) is 4.79 Å². The Bertz CT molecular complexity index is 420. The van der Waals surface area contributed by atoms with Gasteiger partial charge >= 0.3 is 0 Å². The van der Waals surface area contributed by atoms with Crippen molar-refractivity contribution in [3.05, 3.63) is 34.3 Å². The monoisotopic (exact) mass is 252 g/mol. The highest BCUT2D eigenvalue weighted by Gasteiger charge is 2.19. The van der Waals surface area contributed by atoms with Crippen LogP contribution in [-0.2, 0) is 11.3 Å². The van der Waals surface area contributed by atoms with E-state index in [1.807, 2.05) is 19.1 Å². The minimum atomic E-state index is 0.162. The van der Waals surface area contributed by atoms with Crippen molar-refractivity contribution >= 4 is 17.5 Å². The quantitative estimate of drug-likeness (QED) is 0.861. The fourth-order valence-corrected chi connectivity index (χ4v) is 2.17. The summed E-state index contributed by atoms with van der Waals surface area (Å²) in [7, 11) is 0. The van der Waals surface area contributed by atoms with E-state index in [4.69, 9.17) is 11.6 Å². The third-order valence-corrected chi connectivity index (χ3v) is 3.45. The average Bonchev–Trinajstić information content (AvgIpc) is 2.70. The van der Waals surface area contributed by atoms with Gasteiger partial charge in [0.15, 0.2) is 0 Å². The molecule has 1 saturated heterocycles. The van der Waals surface area contributed by atoms with Crippen molar-refractivity contribution < 1.29 is 4.79 Å². The van der Waals surface area contributed by atoms with E-state index in [-0.39, 0.29) is 11.9 Å². The minimum Gasteiger partial charge on any atom is -0.352 e. The maximum absolute atomic E-state index is 11.0. The second kappa shape index (κ2) is 5.52. The van der Waals surface area contributed by atoms with Gasteiger partial charge in [0.1, 0.15) is 0 Å². The molecule has 4 heteroatoms. The molecule has 0 saturated carbocycles. The summed E-state index contributed by atoms with van der Waals surface area (Å²) >= 11 is 6.05. The Labute approximate surface area is 107 Å². The number of hydrogen-bond acceptors (Lipinski definition) is 2. The molecule has 2 rings (SSSR count). The molecule has 2 N–H and O–H groups in total. The van der Waals surface area contributed by atoms with Crippen LogP contribution < -0.4 is 10.6 Å². The standard InChI is InChI=1S/C13H17ClN2O/c1-9-2-3-10(6-12(9)14)7-15-8-11-4-5-13(17)16-11/h2-3,6,11,15H,4-5,7-8H2,1H3,(H,16,17). The summed E-state index contributed by atoms with van der Waals surface area (Å²) in [4.78, 5) is 11.0. The van der Waals surface area contributed by atoms with Gasteiger partial charge in [-0.3, -0.25) is 4.79 Å². The van der Waals surface area contributed by atoms with E-state index >= 15 is 0 Å². The molecule has 1 fully saturated rings. The first-order valence-corrected chi connectivity index (χ1v) is 6.28. The zero-order valence-corrected chi connectivity index (χ0v) is 10.7. The Morgan fingerprint density at radius 2 is 2.35 bits per heavy atom. The van der Waals surface area contributed by atoms with Crippen LogP contribution in [0, 0.1) is 6.92 Å². The Balaban J connectivity index is 1.78. The lowest BCUT2D eigenvalue weighted by Gasteiger charge is -2.11. The molecule has 0 spiro atoms. The van der Waals surface area contributed by atoms with Crippen molar-refractivity contribution in [3.63, 3.8) is 0 Å². The fraction of sp³-hybridized carbons (Fsp3) is 0.462. The zero-order valence-electron chi connectivity index (χ0n) is 9.92. The number of nitrogens with one attached hydrogen (secondary N) is 2. The minimum absolute atomic E-state index is 0.162. The number of hydrogen-bond donors (Lipinski definition) is 2. The number of benzene rings is 1. The van der Waals surface area contributed by atoms with Crippen LogP contribution in [0.15, 0.2) is 18.2 Å². The van der Waals surface area contributed by atoms with Crippen LogP contribution in [0.2, 0.25) is 5.02 Å². The van der Waals surface area contributed by atoms with Crippen LogP contribution in [0.1, 0.15) is 24.0 Å².